The van der Waals surface area contributed by atoms with Gasteiger partial charge in [0.25, 0.3) is 10.2 Å². The van der Waals surface area contributed by atoms with E-state index in [2.05, 4.69) is 11.6 Å². The topological polar surface area (TPSA) is 75.4 Å². The third-order valence-electron chi connectivity index (χ3n) is 5.13. The number of piperidine rings is 1. The van der Waals surface area contributed by atoms with Crippen LogP contribution in [0.4, 0.5) is 0 Å². The van der Waals surface area contributed by atoms with Crippen LogP contribution in [0.5, 0.6) is 0 Å². The highest BCUT2D eigenvalue weighted by Gasteiger charge is 2.28. The molecule has 6 heteroatoms. The van der Waals surface area contributed by atoms with Gasteiger partial charge in [-0.15, -0.1) is 0 Å². The van der Waals surface area contributed by atoms with Crippen molar-refractivity contribution in [1.82, 2.24) is 9.03 Å². The van der Waals surface area contributed by atoms with Crippen molar-refractivity contribution in [3.63, 3.8) is 0 Å². The fourth-order valence-electron chi connectivity index (χ4n) is 3.54. The molecule has 0 amide bonds. The highest BCUT2D eigenvalue weighted by Crippen LogP contribution is 2.30. The van der Waals surface area contributed by atoms with E-state index < -0.39 is 10.2 Å². The first-order valence-corrected chi connectivity index (χ1v) is 9.90. The van der Waals surface area contributed by atoms with Crippen LogP contribution in [-0.4, -0.2) is 38.9 Å². The molecule has 21 heavy (non-hydrogen) atoms. The van der Waals surface area contributed by atoms with Gasteiger partial charge < -0.3 is 5.73 Å². The minimum absolute atomic E-state index is 0.315. The summed E-state index contributed by atoms with van der Waals surface area (Å²) < 4.78 is 29.0. The zero-order chi connectivity index (χ0) is 15.3. The highest BCUT2D eigenvalue weighted by molar-refractivity contribution is 7.87. The molecule has 3 N–H and O–H groups in total. The van der Waals surface area contributed by atoms with Crippen LogP contribution in [0.2, 0.25) is 0 Å². The van der Waals surface area contributed by atoms with Gasteiger partial charge >= 0.3 is 0 Å². The number of nitrogens with zero attached hydrogens (tertiary/aromatic N) is 1. The van der Waals surface area contributed by atoms with Gasteiger partial charge in [0, 0.05) is 19.6 Å². The molecule has 1 unspecified atom stereocenters. The van der Waals surface area contributed by atoms with Gasteiger partial charge in [0.05, 0.1) is 0 Å². The summed E-state index contributed by atoms with van der Waals surface area (Å²) >= 11 is 0. The molecular formula is C15H31N3O2S. The third kappa shape index (κ3) is 5.20. The van der Waals surface area contributed by atoms with Crippen molar-refractivity contribution in [2.75, 3.05) is 26.2 Å². The molecule has 1 aliphatic heterocycles. The minimum Gasteiger partial charge on any atom is -0.330 e. The molecule has 0 spiro atoms. The molecule has 2 rings (SSSR count). The lowest BCUT2D eigenvalue weighted by molar-refractivity contribution is 0.264. The SMILES string of the molecule is CC1CCC(CCNS(=O)(=O)N2CCCC(CN)C2)CC1. The molecule has 124 valence electrons. The first kappa shape index (κ1) is 17.2. The first-order chi connectivity index (χ1) is 10.0. The molecule has 0 radical (unpaired) electrons. The smallest absolute Gasteiger partial charge is 0.279 e. The summed E-state index contributed by atoms with van der Waals surface area (Å²) in [6.07, 6.45) is 8.03. The van der Waals surface area contributed by atoms with E-state index in [0.29, 0.717) is 38.0 Å². The standard InChI is InChI=1S/C15H31N3O2S/c1-13-4-6-14(7-5-13)8-9-17-21(19,20)18-10-2-3-15(11-16)12-18/h13-15,17H,2-12,16H2,1H3. The monoisotopic (exact) mass is 317 g/mol. The Morgan fingerprint density at radius 2 is 1.86 bits per heavy atom. The maximum absolute atomic E-state index is 12.3. The Hall–Kier alpha value is -0.170. The van der Waals surface area contributed by atoms with Crippen molar-refractivity contribution in [3.05, 3.63) is 0 Å². The average molecular weight is 317 g/mol. The van der Waals surface area contributed by atoms with Crippen molar-refractivity contribution in [2.24, 2.45) is 23.5 Å². The van der Waals surface area contributed by atoms with Gasteiger partial charge in [0.15, 0.2) is 0 Å². The molecule has 0 aromatic heterocycles. The Morgan fingerprint density at radius 1 is 1.14 bits per heavy atom. The van der Waals surface area contributed by atoms with E-state index in [0.717, 1.165) is 25.2 Å². The van der Waals surface area contributed by atoms with E-state index >= 15 is 0 Å². The quantitative estimate of drug-likeness (QED) is 0.783. The van der Waals surface area contributed by atoms with E-state index in [4.69, 9.17) is 5.73 Å². The van der Waals surface area contributed by atoms with Crippen molar-refractivity contribution < 1.29 is 8.42 Å². The van der Waals surface area contributed by atoms with Gasteiger partial charge in [-0.2, -0.15) is 12.7 Å². The summed E-state index contributed by atoms with van der Waals surface area (Å²) in [6.45, 7) is 4.67. The number of hydrogen-bond acceptors (Lipinski definition) is 3. The average Bonchev–Trinajstić information content (AvgIpc) is 2.49. The van der Waals surface area contributed by atoms with Crippen molar-refractivity contribution in [3.8, 4) is 0 Å². The number of hydrogen-bond donors (Lipinski definition) is 2. The van der Waals surface area contributed by atoms with Gasteiger partial charge in [-0.3, -0.25) is 0 Å². The Balaban J connectivity index is 1.73. The van der Waals surface area contributed by atoms with Gasteiger partial charge in [-0.1, -0.05) is 32.6 Å². The van der Waals surface area contributed by atoms with Crippen molar-refractivity contribution in [2.45, 2.75) is 51.9 Å². The summed E-state index contributed by atoms with van der Waals surface area (Å²) in [5.41, 5.74) is 5.68. The molecule has 1 atom stereocenters. The van der Waals surface area contributed by atoms with Crippen LogP contribution in [0.3, 0.4) is 0 Å². The lowest BCUT2D eigenvalue weighted by atomic mass is 9.81. The Bertz CT molecular complexity index is 405. The van der Waals surface area contributed by atoms with Crippen LogP contribution >= 0.6 is 0 Å². The van der Waals surface area contributed by atoms with Crippen molar-refractivity contribution in [1.29, 1.82) is 0 Å². The maximum atomic E-state index is 12.3. The number of nitrogens with one attached hydrogen (secondary N) is 1. The molecule has 2 aliphatic rings. The molecule has 1 saturated heterocycles. The van der Waals surface area contributed by atoms with Crippen LogP contribution in [0.1, 0.15) is 51.9 Å². The normalized spacial score (nSPS) is 32.2. The fraction of sp³-hybridized carbons (Fsp3) is 1.00. The van der Waals surface area contributed by atoms with Gasteiger partial charge in [-0.25, -0.2) is 4.72 Å². The van der Waals surface area contributed by atoms with Gasteiger partial charge in [0.2, 0.25) is 0 Å². The molecule has 0 aromatic carbocycles. The fourth-order valence-corrected chi connectivity index (χ4v) is 4.87. The van der Waals surface area contributed by atoms with Crippen molar-refractivity contribution >= 4 is 10.2 Å². The lowest BCUT2D eigenvalue weighted by Crippen LogP contribution is -2.47. The van der Waals surface area contributed by atoms with E-state index in [9.17, 15) is 8.42 Å². The molecular weight excluding hydrogens is 286 g/mol. The van der Waals surface area contributed by atoms with Crippen LogP contribution in [0.15, 0.2) is 0 Å². The van der Waals surface area contributed by atoms with Gasteiger partial charge in [-0.05, 0) is 43.6 Å². The van der Waals surface area contributed by atoms with Crippen LogP contribution < -0.4 is 10.5 Å². The summed E-state index contributed by atoms with van der Waals surface area (Å²) in [5, 5.41) is 0. The molecule has 1 aliphatic carbocycles. The Kier molecular flexibility index (Phi) is 6.47. The Morgan fingerprint density at radius 3 is 2.52 bits per heavy atom. The number of rotatable bonds is 6. The Labute approximate surface area is 129 Å². The summed E-state index contributed by atoms with van der Waals surface area (Å²) in [4.78, 5) is 0. The zero-order valence-corrected chi connectivity index (χ0v) is 14.1. The van der Waals surface area contributed by atoms with Crippen LogP contribution in [0, 0.1) is 17.8 Å². The first-order valence-electron chi connectivity index (χ1n) is 8.46. The van der Waals surface area contributed by atoms with E-state index in [1.807, 2.05) is 0 Å². The van der Waals surface area contributed by atoms with E-state index in [-0.39, 0.29) is 0 Å². The van der Waals surface area contributed by atoms with Crippen LogP contribution in [-0.2, 0) is 10.2 Å². The predicted molar refractivity (Wildman–Crippen MR) is 86.0 cm³/mol. The van der Waals surface area contributed by atoms with Crippen LogP contribution in [0.25, 0.3) is 0 Å². The minimum atomic E-state index is -3.31. The highest BCUT2D eigenvalue weighted by atomic mass is 32.2. The van der Waals surface area contributed by atoms with E-state index in [1.54, 1.807) is 4.31 Å². The molecule has 0 bridgehead atoms. The second-order valence-corrected chi connectivity index (χ2v) is 8.67. The van der Waals surface area contributed by atoms with Gasteiger partial charge in [0.1, 0.15) is 0 Å². The lowest BCUT2D eigenvalue weighted by Gasteiger charge is -2.31. The van der Waals surface area contributed by atoms with E-state index in [1.165, 1.54) is 25.7 Å². The summed E-state index contributed by atoms with van der Waals surface area (Å²) in [6, 6.07) is 0. The third-order valence-corrected chi connectivity index (χ3v) is 6.71. The number of nitrogens with two attached hydrogens (primary N) is 1. The zero-order valence-electron chi connectivity index (χ0n) is 13.3. The second kappa shape index (κ2) is 7.90. The largest absolute Gasteiger partial charge is 0.330 e. The summed E-state index contributed by atoms with van der Waals surface area (Å²) in [7, 11) is -3.31. The molecule has 1 saturated carbocycles. The summed E-state index contributed by atoms with van der Waals surface area (Å²) in [5.74, 6) is 1.86. The molecule has 1 heterocycles. The molecule has 0 aromatic rings. The second-order valence-electron chi connectivity index (χ2n) is 6.92. The molecule has 2 fully saturated rings. The molecule has 5 nitrogen and oxygen atoms in total. The predicted octanol–water partition coefficient (Wildman–Crippen LogP) is 1.71. The maximum Gasteiger partial charge on any atom is 0.279 e.